The highest BCUT2D eigenvalue weighted by Crippen LogP contribution is 2.28. The second-order valence-corrected chi connectivity index (χ2v) is 7.64. The number of aromatic nitrogens is 2. The summed E-state index contributed by atoms with van der Waals surface area (Å²) in [5.41, 5.74) is 4.85. The number of fused-ring (bicyclic) bond motifs is 6. The van der Waals surface area contributed by atoms with Crippen molar-refractivity contribution in [2.75, 3.05) is 0 Å². The smallest absolute Gasteiger partial charge is 0.0905 e. The van der Waals surface area contributed by atoms with Gasteiger partial charge < -0.3 is 9.55 Å². The number of rotatable bonds is 2. The number of hydrogen-bond donors (Lipinski definition) is 1. The van der Waals surface area contributed by atoms with Gasteiger partial charge in [0.15, 0.2) is 0 Å². The molecule has 0 aliphatic rings. The van der Waals surface area contributed by atoms with Crippen LogP contribution in [0.1, 0.15) is 6.42 Å². The Morgan fingerprint density at radius 3 is 1.53 bits per heavy atom. The molecule has 0 aliphatic carbocycles. The van der Waals surface area contributed by atoms with Crippen molar-refractivity contribution >= 4 is 43.6 Å². The van der Waals surface area contributed by atoms with Crippen molar-refractivity contribution in [2.24, 2.45) is 0 Å². The van der Waals surface area contributed by atoms with E-state index in [0.29, 0.717) is 6.42 Å². The van der Waals surface area contributed by atoms with E-state index in [-0.39, 0.29) is 0 Å². The molecule has 164 valence electrons. The number of allylic oxidation sites excluding steroid dienone is 1. The Labute approximate surface area is 198 Å². The molecular weight excluding hydrogens is 416 g/mol. The average Bonchev–Trinajstić information content (AvgIpc) is 3.44. The maximum atomic E-state index is 8.75. The van der Waals surface area contributed by atoms with Gasteiger partial charge in [0.2, 0.25) is 0 Å². The summed E-state index contributed by atoms with van der Waals surface area (Å²) in [6.45, 7) is 3.87. The van der Waals surface area contributed by atoms with Gasteiger partial charge >= 0.3 is 0 Å². The number of para-hydroxylation sites is 4. The third kappa shape index (κ3) is 4.53. The Kier molecular flexibility index (Phi) is 7.03. The molecule has 0 spiro atoms. The molecule has 6 rings (SSSR count). The molecule has 0 fully saturated rings. The highest BCUT2D eigenvalue weighted by atomic mass is 15.0. The van der Waals surface area contributed by atoms with E-state index < -0.39 is 0 Å². The summed E-state index contributed by atoms with van der Waals surface area (Å²) in [5.74, 6) is 0. The minimum absolute atomic E-state index is 0.544. The maximum Gasteiger partial charge on any atom is 0.0905 e. The van der Waals surface area contributed by atoms with Crippen LogP contribution < -0.4 is 0 Å². The lowest BCUT2D eigenvalue weighted by molar-refractivity contribution is 0.768. The first kappa shape index (κ1) is 22.4. The van der Waals surface area contributed by atoms with Gasteiger partial charge in [0, 0.05) is 56.2 Å². The van der Waals surface area contributed by atoms with Crippen LogP contribution in [0, 0.1) is 22.7 Å². The van der Waals surface area contributed by atoms with Gasteiger partial charge in [-0.1, -0.05) is 79.4 Å². The summed E-state index contributed by atoms with van der Waals surface area (Å²) in [6, 6.07) is 37.4. The number of benzene rings is 4. The molecule has 2 heterocycles. The van der Waals surface area contributed by atoms with Gasteiger partial charge in [0.25, 0.3) is 0 Å². The summed E-state index contributed by atoms with van der Waals surface area (Å²) in [6.07, 6.45) is 1.72. The highest BCUT2D eigenvalue weighted by Gasteiger charge is 2.08. The fraction of sp³-hybridized carbons (Fsp3) is 0.0667. The van der Waals surface area contributed by atoms with Crippen molar-refractivity contribution in [2.45, 2.75) is 13.0 Å². The molecule has 0 saturated carbocycles. The number of aryl methyl sites for hydroxylation is 1. The minimum atomic E-state index is 0.544. The molecule has 34 heavy (non-hydrogen) atoms. The minimum Gasteiger partial charge on any atom is -0.355 e. The molecule has 0 radical (unpaired) electrons. The number of nitrogens with zero attached hydrogens (tertiary/aromatic N) is 3. The monoisotopic (exact) mass is 440 g/mol. The second kappa shape index (κ2) is 10.7. The van der Waals surface area contributed by atoms with Crippen LogP contribution in [0.25, 0.3) is 43.6 Å². The standard InChI is InChI=1S/C15H12N2.C12H9N.C3H3N/c16-10-5-11-17-14-8-3-1-6-12(14)13-7-2-4-9-15(13)17;1-3-7-11-9(5-1)10-6-2-4-8-12(10)13-11;1-2-3-4/h1-4,6-9H,5,11H2;1-8,13H;2H,1H2. The van der Waals surface area contributed by atoms with Crippen LogP contribution in [-0.2, 0) is 6.54 Å². The molecule has 0 bridgehead atoms. The predicted molar refractivity (Wildman–Crippen MR) is 141 cm³/mol. The van der Waals surface area contributed by atoms with E-state index in [1.165, 1.54) is 49.7 Å². The second-order valence-electron chi connectivity index (χ2n) is 7.64. The van der Waals surface area contributed by atoms with Gasteiger partial charge in [-0.15, -0.1) is 0 Å². The third-order valence-electron chi connectivity index (χ3n) is 5.63. The molecule has 0 aliphatic heterocycles. The molecule has 0 atom stereocenters. The summed E-state index contributed by atoms with van der Waals surface area (Å²) < 4.78 is 2.23. The quantitative estimate of drug-likeness (QED) is 0.280. The van der Waals surface area contributed by atoms with Crippen molar-refractivity contribution in [3.05, 3.63) is 110 Å². The van der Waals surface area contributed by atoms with Crippen LogP contribution in [-0.4, -0.2) is 9.55 Å². The van der Waals surface area contributed by atoms with Crippen molar-refractivity contribution in [3.63, 3.8) is 0 Å². The van der Waals surface area contributed by atoms with Crippen molar-refractivity contribution in [1.29, 1.82) is 10.5 Å². The molecule has 0 unspecified atom stereocenters. The van der Waals surface area contributed by atoms with Crippen LogP contribution in [0.3, 0.4) is 0 Å². The van der Waals surface area contributed by atoms with Gasteiger partial charge in [0.1, 0.15) is 0 Å². The zero-order valence-electron chi connectivity index (χ0n) is 18.8. The van der Waals surface area contributed by atoms with E-state index in [4.69, 9.17) is 10.5 Å². The molecule has 4 aromatic carbocycles. The zero-order chi connectivity index (χ0) is 23.8. The van der Waals surface area contributed by atoms with Crippen LogP contribution in [0.5, 0.6) is 0 Å². The normalized spacial score (nSPS) is 10.1. The van der Waals surface area contributed by atoms with Crippen LogP contribution in [0.2, 0.25) is 0 Å². The lowest BCUT2D eigenvalue weighted by Crippen LogP contribution is -1.95. The van der Waals surface area contributed by atoms with E-state index in [0.717, 1.165) is 6.54 Å². The molecule has 1 N–H and O–H groups in total. The first-order valence-corrected chi connectivity index (χ1v) is 11.1. The highest BCUT2D eigenvalue weighted by molar-refractivity contribution is 6.08. The number of nitrogens with one attached hydrogen (secondary N) is 1. The van der Waals surface area contributed by atoms with E-state index in [9.17, 15) is 0 Å². The summed E-state index contributed by atoms with van der Waals surface area (Å²) in [7, 11) is 0. The Hall–Kier alpha value is -4.80. The molecule has 0 saturated heterocycles. The van der Waals surface area contributed by atoms with Gasteiger partial charge in [-0.05, 0) is 24.3 Å². The Morgan fingerprint density at radius 2 is 1.09 bits per heavy atom. The zero-order valence-corrected chi connectivity index (χ0v) is 18.8. The third-order valence-corrected chi connectivity index (χ3v) is 5.63. The Morgan fingerprint density at radius 1 is 0.676 bits per heavy atom. The van der Waals surface area contributed by atoms with E-state index in [1.54, 1.807) is 6.07 Å². The first-order chi connectivity index (χ1) is 16.8. The number of hydrogen-bond acceptors (Lipinski definition) is 2. The lowest BCUT2D eigenvalue weighted by Gasteiger charge is -2.03. The van der Waals surface area contributed by atoms with Gasteiger partial charge in [-0.2, -0.15) is 10.5 Å². The Balaban J connectivity index is 0.000000143. The summed E-state index contributed by atoms with van der Waals surface area (Å²) in [4.78, 5) is 3.38. The molecular formula is C30H24N4. The molecule has 4 nitrogen and oxygen atoms in total. The van der Waals surface area contributed by atoms with Gasteiger partial charge in [-0.25, -0.2) is 0 Å². The maximum absolute atomic E-state index is 8.75. The summed E-state index contributed by atoms with van der Waals surface area (Å²) in [5, 5.41) is 21.4. The lowest BCUT2D eigenvalue weighted by atomic mass is 10.2. The van der Waals surface area contributed by atoms with E-state index in [2.05, 4.69) is 107 Å². The topological polar surface area (TPSA) is 68.3 Å². The number of aromatic amines is 1. The molecule has 6 aromatic rings. The SMILES string of the molecule is C=CC#N.N#CCCn1c2ccccc2c2ccccc21.c1ccc2c(c1)[nH]c1ccccc12. The van der Waals surface area contributed by atoms with Gasteiger partial charge in [0.05, 0.1) is 18.6 Å². The van der Waals surface area contributed by atoms with Crippen LogP contribution in [0.15, 0.2) is 110 Å². The van der Waals surface area contributed by atoms with Crippen LogP contribution >= 0.6 is 0 Å². The van der Waals surface area contributed by atoms with Crippen molar-refractivity contribution in [3.8, 4) is 12.1 Å². The van der Waals surface area contributed by atoms with Crippen molar-refractivity contribution in [1.82, 2.24) is 9.55 Å². The number of H-pyrrole nitrogens is 1. The molecule has 0 amide bonds. The average molecular weight is 441 g/mol. The fourth-order valence-corrected chi connectivity index (χ4v) is 4.21. The fourth-order valence-electron chi connectivity index (χ4n) is 4.21. The number of nitriles is 2. The van der Waals surface area contributed by atoms with E-state index in [1.807, 2.05) is 12.1 Å². The first-order valence-electron chi connectivity index (χ1n) is 11.1. The van der Waals surface area contributed by atoms with Crippen molar-refractivity contribution < 1.29 is 0 Å². The predicted octanol–water partition coefficient (Wildman–Crippen LogP) is 7.73. The van der Waals surface area contributed by atoms with E-state index >= 15 is 0 Å². The van der Waals surface area contributed by atoms with Crippen LogP contribution in [0.4, 0.5) is 0 Å². The van der Waals surface area contributed by atoms with Gasteiger partial charge in [-0.3, -0.25) is 0 Å². The molecule has 2 aromatic heterocycles. The Bertz CT molecular complexity index is 1550. The summed E-state index contributed by atoms with van der Waals surface area (Å²) >= 11 is 0. The molecule has 4 heteroatoms. The largest absolute Gasteiger partial charge is 0.355 e.